The summed E-state index contributed by atoms with van der Waals surface area (Å²) in [5.74, 6) is -3.50. The molecular weight excluding hydrogens is 1640 g/mol. The van der Waals surface area contributed by atoms with E-state index in [1.54, 1.807) is 91.0 Å². The summed E-state index contributed by atoms with van der Waals surface area (Å²) in [5, 5.41) is 24.8. The molecule has 9 rings (SSSR count). The Labute approximate surface area is 689 Å². The lowest BCUT2D eigenvalue weighted by atomic mass is 10.1. The molecule has 0 aliphatic carbocycles. The number of methoxy groups -OCH3 is 3. The van der Waals surface area contributed by atoms with Crippen LogP contribution >= 0.6 is 67.8 Å². The molecule has 0 spiro atoms. The number of H-pyrrole nitrogens is 2. The number of rotatable bonds is 18. The van der Waals surface area contributed by atoms with Crippen molar-refractivity contribution in [3.05, 3.63) is 262 Å². The van der Waals surface area contributed by atoms with Crippen LogP contribution in [0.3, 0.4) is 0 Å². The molecule has 1 aliphatic heterocycles. The fraction of sp³-hybridized carbons (Fsp3) is 0.221. The Hall–Kier alpha value is -11.4. The maximum atomic E-state index is 11.4. The van der Waals surface area contributed by atoms with Crippen LogP contribution in [0.2, 0.25) is 0 Å². The number of carbonyl (C=O) groups is 10. The van der Waals surface area contributed by atoms with Gasteiger partial charge in [-0.25, -0.2) is 28.2 Å². The minimum atomic E-state index is -1.67. The normalized spacial score (nSPS) is 10.0. The Morgan fingerprint density at radius 2 is 0.868 bits per heavy atom. The number of aliphatic hydroxyl groups excluding tert-OH is 1. The number of esters is 3. The van der Waals surface area contributed by atoms with Crippen LogP contribution in [-0.2, 0) is 71.1 Å². The molecule has 1 saturated heterocycles. The average molecular weight is 1730 g/mol. The number of fused-ring (bicyclic) bond motifs is 2. The molecule has 8 aromatic rings. The van der Waals surface area contributed by atoms with Crippen LogP contribution in [0.1, 0.15) is 97.9 Å². The Balaban J connectivity index is -0.000000591. The zero-order valence-corrected chi connectivity index (χ0v) is 68.6. The molecule has 3 heterocycles. The number of aromatic nitrogens is 2. The Morgan fingerprint density at radius 1 is 0.500 bits per heavy atom. The summed E-state index contributed by atoms with van der Waals surface area (Å²) < 4.78 is 46.6. The summed E-state index contributed by atoms with van der Waals surface area (Å²) in [7, 11) is 12.3. The van der Waals surface area contributed by atoms with Gasteiger partial charge >= 0.3 is 40.3 Å². The second kappa shape index (κ2) is 69.5. The van der Waals surface area contributed by atoms with E-state index in [1.165, 1.54) is 113 Å². The van der Waals surface area contributed by atoms with Gasteiger partial charge in [-0.15, -0.1) is 0 Å². The molecule has 0 saturated carbocycles. The first-order valence-electron chi connectivity index (χ1n) is 32.7. The molecule has 1 fully saturated rings. The second-order valence-corrected chi connectivity index (χ2v) is 24.0. The highest BCUT2D eigenvalue weighted by molar-refractivity contribution is 8.26. The van der Waals surface area contributed by atoms with E-state index >= 15 is 0 Å². The largest absolute Gasteiger partial charge is 0.502 e. The molecule has 0 unspecified atom stereocenters. The van der Waals surface area contributed by atoms with E-state index in [0.717, 1.165) is 44.8 Å². The van der Waals surface area contributed by atoms with Crippen LogP contribution in [0.5, 0.6) is 0 Å². The van der Waals surface area contributed by atoms with Gasteiger partial charge in [0, 0.05) is 117 Å². The third kappa shape index (κ3) is 58.5. The van der Waals surface area contributed by atoms with Crippen molar-refractivity contribution in [2.45, 2.75) is 47.5 Å². The molecule has 114 heavy (non-hydrogen) atoms. The SMILES string of the molecule is C1CCOC1.C=COCC.CCO/C=C/C(=O)Cl.CCO/C=C/C(=O)Cl.CCO/C=C/C(=O)Nc1cccc(C(=O)OC)c1.CO.COC(=O)c1cccc(N)c1.COC(=O)c1cccc2[nH]c(=O)ccc12.Cc1cccc(N)c1.Nc1cccc(C(=O)O)c1.O=C(Cl)C(=O)Cl.O=C(O)c1cccc2[nH]c(=O)ccc12.O=S(Cl)Cl. The highest BCUT2D eigenvalue weighted by Crippen LogP contribution is 2.18. The van der Waals surface area contributed by atoms with E-state index in [0.29, 0.717) is 75.4 Å². The van der Waals surface area contributed by atoms with Crippen molar-refractivity contribution in [2.24, 2.45) is 0 Å². The quantitative estimate of drug-likeness (QED) is 0.00732. The molecule has 1 aliphatic rings. The predicted octanol–water partition coefficient (Wildman–Crippen LogP) is 13.8. The lowest BCUT2D eigenvalue weighted by Crippen LogP contribution is -2.09. The smallest absolute Gasteiger partial charge is 0.338 e. The number of carbonyl (C=O) groups excluding carboxylic acids is 8. The Morgan fingerprint density at radius 3 is 1.19 bits per heavy atom. The van der Waals surface area contributed by atoms with E-state index in [4.69, 9.17) is 69.4 Å². The van der Waals surface area contributed by atoms with E-state index in [2.05, 4.69) is 94.9 Å². The summed E-state index contributed by atoms with van der Waals surface area (Å²) in [6, 6.07) is 42.8. The Kier molecular flexibility index (Phi) is 66.5. The first-order chi connectivity index (χ1) is 54.1. The maximum absolute atomic E-state index is 11.4. The van der Waals surface area contributed by atoms with E-state index in [1.807, 2.05) is 58.9 Å². The molecule has 0 atom stereocenters. The molecule has 30 nitrogen and oxygen atoms in total. The first kappa shape index (κ1) is 109. The van der Waals surface area contributed by atoms with E-state index < -0.39 is 54.1 Å². The van der Waals surface area contributed by atoms with Crippen molar-refractivity contribution in [2.75, 3.05) is 90.6 Å². The maximum Gasteiger partial charge on any atom is 0.338 e. The topological polar surface area (TPSA) is 478 Å². The minimum absolute atomic E-state index is 0.190. The standard InChI is InChI=1S/C13H15NO4.C11H9NO3.C10H7NO3.C8H9NO2.C7H7NO2.C7H9N.2C5H7ClO2.2C4H8O.C2Cl2O2.CH4O.Cl2OS/c1-3-18-8-7-12(15)14-11-6-4-5-10(9-11)13(16)17-2;1-15-11(14)8-3-2-4-9-7(8)5-6-10(13)12-9;12-9-5-4-6-7(10(13)14)2-1-3-8(6)11-9;1-11-8(10)6-3-2-4-7(9)5-6;8-6-3-1-2-5(4-6)7(9)10;1-6-3-2-4-7(8)5-6;2*1-2-8-4-3-5(6)7;1-2-4-5-3-1;1-3-5-4-2;3-1(5)2(4)6;1-2;1-4(2)3/h4-9H,3H2,1-2H3,(H,14,15);2-6H,1H3,(H,12,13);1-5H,(H,11,12)(H,13,14);2-5H,9H2,1H3;1-4H,8H2,(H,9,10);2-5H,8H2,1H3;2*3-4H,2H2,1H3;1-4H2;3H,1,4H2,2H3;;2H,1H3;/b8-7+;;;;;;2*4-3+;;;;;. The van der Waals surface area contributed by atoms with Crippen LogP contribution in [-0.4, -0.2) is 154 Å². The number of carboxylic acid groups (broad SMARTS) is 2. The van der Waals surface area contributed by atoms with Gasteiger partial charge in [0.2, 0.25) is 30.8 Å². The van der Waals surface area contributed by atoms with Crippen molar-refractivity contribution in [3.63, 3.8) is 0 Å². The third-order valence-electron chi connectivity index (χ3n) is 11.9. The molecule has 1 amide bonds. The van der Waals surface area contributed by atoms with Crippen molar-refractivity contribution in [1.82, 2.24) is 9.97 Å². The fourth-order valence-corrected chi connectivity index (χ4v) is 7.33. The van der Waals surface area contributed by atoms with Crippen LogP contribution < -0.4 is 33.6 Å². The van der Waals surface area contributed by atoms with Gasteiger partial charge in [0.05, 0.1) is 101 Å². The number of halogens is 6. The first-order valence-corrected chi connectivity index (χ1v) is 37.0. The number of aromatic amines is 2. The molecule has 6 aromatic carbocycles. The molecule has 620 valence electrons. The summed E-state index contributed by atoms with van der Waals surface area (Å²) in [5.41, 5.74) is 22.3. The third-order valence-corrected chi connectivity index (χ3v) is 12.6. The number of aliphatic hydroxyl groups is 1. The number of anilines is 4. The lowest BCUT2D eigenvalue weighted by Gasteiger charge is -2.04. The van der Waals surface area contributed by atoms with Crippen molar-refractivity contribution >= 4 is 178 Å². The minimum Gasteiger partial charge on any atom is -0.502 e. The van der Waals surface area contributed by atoms with E-state index in [9.17, 15) is 57.5 Å². The van der Waals surface area contributed by atoms with Crippen molar-refractivity contribution in [1.29, 1.82) is 0 Å². The van der Waals surface area contributed by atoms with Crippen LogP contribution in [0, 0.1) is 6.92 Å². The number of nitrogens with one attached hydrogen (secondary N) is 3. The van der Waals surface area contributed by atoms with Crippen molar-refractivity contribution < 1.29 is 105 Å². The van der Waals surface area contributed by atoms with Crippen LogP contribution in [0.25, 0.3) is 21.8 Å². The van der Waals surface area contributed by atoms with E-state index in [-0.39, 0.29) is 34.1 Å². The molecular formula is C77H90Cl6N6O24S. The van der Waals surface area contributed by atoms with Gasteiger partial charge in [-0.05, 0) is 203 Å². The zero-order valence-electron chi connectivity index (χ0n) is 63.2. The average Bonchev–Trinajstić information content (AvgIpc) is 0.853. The number of carboxylic acids is 2. The number of hydrogen-bond donors (Lipinski definition) is 9. The molecule has 0 radical (unpaired) electrons. The number of hydrogen-bond acceptors (Lipinski definition) is 25. The number of amides is 1. The highest BCUT2D eigenvalue weighted by Gasteiger charge is 2.11. The Bertz CT molecular complexity index is 4420. The summed E-state index contributed by atoms with van der Waals surface area (Å²) in [6.45, 7) is 17.1. The van der Waals surface area contributed by atoms with Crippen LogP contribution in [0.15, 0.2) is 217 Å². The number of pyridine rings is 2. The number of allylic oxidation sites excluding steroid dienone is 2. The number of aryl methyl sites for hydroxylation is 1. The van der Waals surface area contributed by atoms with Gasteiger partial charge in [-0.2, -0.15) is 0 Å². The second-order valence-electron chi connectivity index (χ2n) is 20.1. The van der Waals surface area contributed by atoms with Gasteiger partial charge in [-0.1, -0.05) is 49.0 Å². The van der Waals surface area contributed by atoms with Gasteiger partial charge in [0.1, 0.15) is 0 Å². The van der Waals surface area contributed by atoms with Gasteiger partial charge < -0.3 is 85.7 Å². The van der Waals surface area contributed by atoms with Gasteiger partial charge in [0.25, 0.3) is 5.91 Å². The predicted molar refractivity (Wildman–Crippen MR) is 445 cm³/mol. The molecule has 2 aromatic heterocycles. The number of nitrogen functional groups attached to an aromatic ring is 3. The lowest BCUT2D eigenvalue weighted by molar-refractivity contribution is -0.127. The van der Waals surface area contributed by atoms with Crippen molar-refractivity contribution in [3.8, 4) is 0 Å². The monoisotopic (exact) mass is 1720 g/mol. The molecule has 37 heteroatoms. The summed E-state index contributed by atoms with van der Waals surface area (Å²) in [6.07, 6.45) is 11.4. The zero-order chi connectivity index (χ0) is 87.4. The number of benzene rings is 6. The number of ether oxygens (including phenoxy) is 8. The highest BCUT2D eigenvalue weighted by atomic mass is 36.0. The van der Waals surface area contributed by atoms with Gasteiger partial charge in [0.15, 0.2) is 0 Å². The number of aromatic carboxylic acids is 2. The van der Waals surface area contributed by atoms with Gasteiger partial charge in [-0.3, -0.25) is 33.6 Å². The summed E-state index contributed by atoms with van der Waals surface area (Å²) >= 11 is 18.8. The molecule has 0 bridgehead atoms. The van der Waals surface area contributed by atoms with Crippen LogP contribution in [0.4, 0.5) is 22.7 Å². The molecule has 12 N–H and O–H groups in total. The number of nitrogens with two attached hydrogens (primary N) is 3. The fourth-order valence-electron chi connectivity index (χ4n) is 7.23. The summed E-state index contributed by atoms with van der Waals surface area (Å²) in [4.78, 5) is 132.